The molecular formula is C35H54O3. The molecule has 0 bridgehead atoms. The first-order chi connectivity index (χ1) is 18.1. The summed E-state index contributed by atoms with van der Waals surface area (Å²) < 4.78 is 6.02. The predicted octanol–water partition coefficient (Wildman–Crippen LogP) is 8.69. The smallest absolute Gasteiger partial charge is 0.338 e. The van der Waals surface area contributed by atoms with Crippen LogP contribution in [0.4, 0.5) is 0 Å². The first-order valence-electron chi connectivity index (χ1n) is 16.1. The van der Waals surface area contributed by atoms with E-state index in [1.54, 1.807) is 0 Å². The highest BCUT2D eigenvalue weighted by atomic mass is 16.5. The molecule has 0 aromatic heterocycles. The minimum absolute atomic E-state index is 0.0126. The van der Waals surface area contributed by atoms with Crippen molar-refractivity contribution in [3.63, 3.8) is 0 Å². The summed E-state index contributed by atoms with van der Waals surface area (Å²) in [5.41, 5.74) is 0.708. The van der Waals surface area contributed by atoms with Crippen LogP contribution in [0.15, 0.2) is 30.3 Å². The summed E-state index contributed by atoms with van der Waals surface area (Å²) in [5, 5.41) is 11.1. The third-order valence-corrected chi connectivity index (χ3v) is 12.5. The van der Waals surface area contributed by atoms with Crippen LogP contribution < -0.4 is 0 Å². The number of fused-ring (bicyclic) bond motifs is 5. The van der Waals surface area contributed by atoms with E-state index in [1.807, 2.05) is 30.3 Å². The molecule has 1 N–H and O–H groups in total. The summed E-state index contributed by atoms with van der Waals surface area (Å²) in [5.74, 6) is 6.01. The number of carbonyl (C=O) groups excluding carboxylic acids is 1. The third kappa shape index (κ3) is 5.35. The van der Waals surface area contributed by atoms with Crippen molar-refractivity contribution in [3.05, 3.63) is 35.9 Å². The highest BCUT2D eigenvalue weighted by molar-refractivity contribution is 5.89. The van der Waals surface area contributed by atoms with Gasteiger partial charge < -0.3 is 9.84 Å². The third-order valence-electron chi connectivity index (χ3n) is 12.5. The van der Waals surface area contributed by atoms with Crippen LogP contribution >= 0.6 is 0 Å². The van der Waals surface area contributed by atoms with E-state index in [-0.39, 0.29) is 12.1 Å². The van der Waals surface area contributed by atoms with Gasteiger partial charge in [0.25, 0.3) is 0 Å². The van der Waals surface area contributed by atoms with Crippen LogP contribution in [-0.4, -0.2) is 22.8 Å². The van der Waals surface area contributed by atoms with Gasteiger partial charge in [-0.15, -0.1) is 0 Å². The zero-order chi connectivity index (χ0) is 27.1. The summed E-state index contributed by atoms with van der Waals surface area (Å²) >= 11 is 0. The number of aliphatic hydroxyl groups is 1. The molecule has 0 saturated heterocycles. The van der Waals surface area contributed by atoms with Crippen LogP contribution in [0.3, 0.4) is 0 Å². The van der Waals surface area contributed by atoms with Crippen molar-refractivity contribution in [1.29, 1.82) is 0 Å². The first-order valence-corrected chi connectivity index (χ1v) is 16.1. The topological polar surface area (TPSA) is 46.5 Å². The van der Waals surface area contributed by atoms with Gasteiger partial charge in [-0.2, -0.15) is 0 Å². The first kappa shape index (κ1) is 28.2. The molecule has 0 spiro atoms. The maximum atomic E-state index is 12.7. The molecule has 1 aromatic rings. The summed E-state index contributed by atoms with van der Waals surface area (Å²) in [7, 11) is 0. The fourth-order valence-electron chi connectivity index (χ4n) is 10.00. The van der Waals surface area contributed by atoms with Gasteiger partial charge in [0.1, 0.15) is 6.10 Å². The van der Waals surface area contributed by atoms with Gasteiger partial charge in [-0.1, -0.05) is 52.8 Å². The Morgan fingerprint density at radius 3 is 2.37 bits per heavy atom. The molecule has 4 fully saturated rings. The number of rotatable bonds is 8. The van der Waals surface area contributed by atoms with E-state index < -0.39 is 5.60 Å². The molecule has 0 heterocycles. The predicted molar refractivity (Wildman–Crippen MR) is 155 cm³/mol. The van der Waals surface area contributed by atoms with Crippen molar-refractivity contribution < 1.29 is 14.6 Å². The number of ether oxygens (including phenoxy) is 1. The van der Waals surface area contributed by atoms with Gasteiger partial charge >= 0.3 is 5.97 Å². The summed E-state index contributed by atoms with van der Waals surface area (Å²) in [6, 6.07) is 9.44. The second kappa shape index (κ2) is 11.3. The molecule has 3 nitrogen and oxygen atoms in total. The van der Waals surface area contributed by atoms with Crippen molar-refractivity contribution in [2.24, 2.45) is 52.8 Å². The number of hydrogen-bond donors (Lipinski definition) is 1. The summed E-state index contributed by atoms with van der Waals surface area (Å²) in [6.07, 6.45) is 14.7. The van der Waals surface area contributed by atoms with E-state index in [4.69, 9.17) is 4.74 Å². The van der Waals surface area contributed by atoms with E-state index in [0.29, 0.717) is 22.8 Å². The number of hydrogen-bond acceptors (Lipinski definition) is 3. The molecule has 1 aromatic carbocycles. The summed E-state index contributed by atoms with van der Waals surface area (Å²) in [4.78, 5) is 12.7. The zero-order valence-electron chi connectivity index (χ0n) is 24.8. The molecule has 0 radical (unpaired) electrons. The lowest BCUT2D eigenvalue weighted by Gasteiger charge is -2.60. The SMILES string of the molecule is CC[C@]1(O)CC[C@@]2(C)[C@@H](CC[C@H]3[C@@H]4CC[C@H]([C@H](C)CC[C@@H](OC(=O)c5ccccc5)C(C)C)[C@H]4CC[C@@H]32)C1. The van der Waals surface area contributed by atoms with Crippen molar-refractivity contribution in [1.82, 2.24) is 0 Å². The quantitative estimate of drug-likeness (QED) is 0.347. The van der Waals surface area contributed by atoms with Gasteiger partial charge in [0.05, 0.1) is 11.2 Å². The molecule has 10 atom stereocenters. The Morgan fingerprint density at radius 2 is 1.66 bits per heavy atom. The van der Waals surface area contributed by atoms with Crippen molar-refractivity contribution in [2.75, 3.05) is 0 Å². The molecule has 3 heteroatoms. The van der Waals surface area contributed by atoms with Gasteiger partial charge in [-0.25, -0.2) is 4.79 Å². The maximum Gasteiger partial charge on any atom is 0.338 e. The largest absolute Gasteiger partial charge is 0.459 e. The molecular weight excluding hydrogens is 468 g/mol. The number of carbonyl (C=O) groups is 1. The fraction of sp³-hybridized carbons (Fsp3) is 0.800. The molecule has 212 valence electrons. The van der Waals surface area contributed by atoms with E-state index in [9.17, 15) is 9.90 Å². The molecule has 0 amide bonds. The second-order valence-electron chi connectivity index (χ2n) is 14.6. The van der Waals surface area contributed by atoms with E-state index in [2.05, 4.69) is 34.6 Å². The normalized spacial score (nSPS) is 40.1. The number of benzene rings is 1. The lowest BCUT2D eigenvalue weighted by atomic mass is 9.45. The molecule has 4 saturated carbocycles. The van der Waals surface area contributed by atoms with Crippen molar-refractivity contribution in [2.45, 2.75) is 123 Å². The molecule has 5 rings (SSSR count). The number of esters is 1. The Kier molecular flexibility index (Phi) is 8.35. The van der Waals surface area contributed by atoms with E-state index in [1.165, 1.54) is 44.9 Å². The van der Waals surface area contributed by atoms with Crippen LogP contribution in [0, 0.1) is 52.8 Å². The molecule has 38 heavy (non-hydrogen) atoms. The Bertz CT molecular complexity index is 942. The Hall–Kier alpha value is -1.35. The minimum Gasteiger partial charge on any atom is -0.459 e. The van der Waals surface area contributed by atoms with Crippen LogP contribution in [0.2, 0.25) is 0 Å². The van der Waals surface area contributed by atoms with Crippen LogP contribution in [0.5, 0.6) is 0 Å². The summed E-state index contributed by atoms with van der Waals surface area (Å²) in [6.45, 7) is 11.6. The van der Waals surface area contributed by atoms with Gasteiger partial charge in [0, 0.05) is 0 Å². The lowest BCUT2D eigenvalue weighted by Crippen LogP contribution is -2.54. The van der Waals surface area contributed by atoms with E-state index >= 15 is 0 Å². The maximum absolute atomic E-state index is 12.7. The Morgan fingerprint density at radius 1 is 0.947 bits per heavy atom. The second-order valence-corrected chi connectivity index (χ2v) is 14.6. The Balaban J connectivity index is 1.18. The lowest BCUT2D eigenvalue weighted by molar-refractivity contribution is -0.140. The monoisotopic (exact) mass is 522 g/mol. The van der Waals surface area contributed by atoms with Gasteiger partial charge in [-0.3, -0.25) is 0 Å². The minimum atomic E-state index is -0.397. The van der Waals surface area contributed by atoms with Crippen molar-refractivity contribution >= 4 is 5.97 Å². The molecule has 4 aliphatic carbocycles. The standard InChI is InChI=1S/C35H54O3/c1-6-35(37)21-20-34(5)26(22-35)13-14-30-29-16-15-27(28(29)17-18-31(30)34)24(4)12-19-32(23(2)3)38-33(36)25-10-8-7-9-11-25/h7-11,23-24,26-32,37H,6,12-22H2,1-5H3/t24-,26+,27-,28-,29-,30+,31+,32-,34+,35+/m1/s1. The highest BCUT2D eigenvalue weighted by Gasteiger charge is 2.58. The molecule has 0 aliphatic heterocycles. The van der Waals surface area contributed by atoms with Crippen LogP contribution in [-0.2, 0) is 4.74 Å². The zero-order valence-corrected chi connectivity index (χ0v) is 24.8. The Labute approximate surface area is 232 Å². The highest BCUT2D eigenvalue weighted by Crippen LogP contribution is 2.65. The van der Waals surface area contributed by atoms with Gasteiger partial charge in [-0.05, 0) is 142 Å². The molecule has 0 unspecified atom stereocenters. The van der Waals surface area contributed by atoms with Gasteiger partial charge in [0.15, 0.2) is 0 Å². The average Bonchev–Trinajstić information content (AvgIpc) is 3.36. The van der Waals surface area contributed by atoms with Crippen molar-refractivity contribution in [3.8, 4) is 0 Å². The van der Waals surface area contributed by atoms with Crippen LogP contribution in [0.25, 0.3) is 0 Å². The van der Waals surface area contributed by atoms with Gasteiger partial charge in [0.2, 0.25) is 0 Å². The van der Waals surface area contributed by atoms with Crippen LogP contribution in [0.1, 0.15) is 122 Å². The average molecular weight is 523 g/mol. The molecule has 4 aliphatic rings. The van der Waals surface area contributed by atoms with E-state index in [0.717, 1.165) is 67.6 Å². The fourth-order valence-corrected chi connectivity index (χ4v) is 10.00.